The number of carbonyl (C=O) groups excluding carboxylic acids is 1. The fourth-order valence-electron chi connectivity index (χ4n) is 3.31. The van der Waals surface area contributed by atoms with Crippen LogP contribution in [0.2, 0.25) is 0 Å². The van der Waals surface area contributed by atoms with Crippen LogP contribution in [0, 0.1) is 10.1 Å². The molecule has 1 N–H and O–H groups in total. The lowest BCUT2D eigenvalue weighted by Crippen LogP contribution is -2.16. The number of unbranched alkanes of at least 4 members (excludes halogenated alkanes) is 11. The van der Waals surface area contributed by atoms with Crippen LogP contribution in [0.3, 0.4) is 0 Å². The molecule has 0 fully saturated rings. The topological polar surface area (TPSA) is 84.6 Å². The van der Waals surface area contributed by atoms with Gasteiger partial charge in [-0.15, -0.1) is 0 Å². The Bertz CT molecular complexity index is 686. The van der Waals surface area contributed by atoms with Gasteiger partial charge < -0.3 is 0 Å². The molecule has 0 aromatic heterocycles. The van der Waals surface area contributed by atoms with Gasteiger partial charge in [-0.25, -0.2) is 5.43 Å². The van der Waals surface area contributed by atoms with Crippen LogP contribution in [0.5, 0.6) is 0 Å². The van der Waals surface area contributed by atoms with Gasteiger partial charge in [-0.1, -0.05) is 82.6 Å². The maximum absolute atomic E-state index is 11.8. The molecule has 1 rings (SSSR count). The van der Waals surface area contributed by atoms with E-state index in [-0.39, 0.29) is 11.6 Å². The summed E-state index contributed by atoms with van der Waals surface area (Å²) in [5, 5.41) is 14.6. The summed E-state index contributed by atoms with van der Waals surface area (Å²) in [6, 6.07) is 6.13. The first kappa shape index (κ1) is 26.5. The summed E-state index contributed by atoms with van der Waals surface area (Å²) in [5.41, 5.74) is 3.06. The average Bonchev–Trinajstić information content (AvgIpc) is 2.76. The third-order valence-electron chi connectivity index (χ3n) is 5.15. The number of hydrazone groups is 1. The van der Waals surface area contributed by atoms with E-state index in [4.69, 9.17) is 0 Å². The van der Waals surface area contributed by atoms with Crippen LogP contribution < -0.4 is 5.43 Å². The minimum Gasteiger partial charge on any atom is -0.273 e. The molecule has 0 heterocycles. The zero-order chi connectivity index (χ0) is 22.6. The summed E-state index contributed by atoms with van der Waals surface area (Å²) in [6.45, 7) is 2.25. The molecule has 6 nitrogen and oxygen atoms in total. The number of nitro benzene ring substituents is 1. The van der Waals surface area contributed by atoms with Crippen molar-refractivity contribution in [2.45, 2.75) is 96.8 Å². The molecule has 31 heavy (non-hydrogen) atoms. The second-order valence-corrected chi connectivity index (χ2v) is 7.98. The minimum atomic E-state index is -0.456. The normalized spacial score (nSPS) is 11.4. The van der Waals surface area contributed by atoms with E-state index in [0.717, 1.165) is 25.7 Å². The van der Waals surface area contributed by atoms with E-state index in [1.165, 1.54) is 76.1 Å². The molecule has 1 amide bonds. The Kier molecular flexibility index (Phi) is 15.7. The lowest BCUT2D eigenvalue weighted by molar-refractivity contribution is -0.384. The van der Waals surface area contributed by atoms with Crippen LogP contribution in [0.1, 0.15) is 102 Å². The number of carbonyl (C=O) groups is 1. The van der Waals surface area contributed by atoms with Gasteiger partial charge in [-0.05, 0) is 32.1 Å². The molecule has 0 spiro atoms. The Labute approximate surface area is 187 Å². The molecular weight excluding hydrogens is 390 g/mol. The average molecular weight is 430 g/mol. The van der Waals surface area contributed by atoms with Crippen LogP contribution in [-0.4, -0.2) is 17.0 Å². The number of benzene rings is 1. The number of amides is 1. The number of hydrogen-bond donors (Lipinski definition) is 1. The molecule has 0 saturated carbocycles. The lowest BCUT2D eigenvalue weighted by Gasteiger charge is -2.01. The predicted octanol–water partition coefficient (Wildman–Crippen LogP) is 7.08. The standard InChI is InChI=1S/C25H39N3O3/c1-2-3-4-5-6-7-8-9-10-11-12-13-14-15-16-20-25(29)27-26-22-23-18-17-19-24(21-23)28(30)31/h9-10,17-19,21-22H,2-8,11-16,20H2,1H3,(H,27,29). The lowest BCUT2D eigenvalue weighted by atomic mass is 10.1. The van der Waals surface area contributed by atoms with E-state index in [9.17, 15) is 14.9 Å². The molecule has 0 saturated heterocycles. The number of allylic oxidation sites excluding steroid dienone is 2. The van der Waals surface area contributed by atoms with Crippen molar-refractivity contribution in [1.82, 2.24) is 5.43 Å². The van der Waals surface area contributed by atoms with Crippen LogP contribution in [-0.2, 0) is 4.79 Å². The van der Waals surface area contributed by atoms with E-state index < -0.39 is 4.92 Å². The van der Waals surface area contributed by atoms with Gasteiger partial charge in [0.25, 0.3) is 5.69 Å². The first-order chi connectivity index (χ1) is 15.1. The number of nitrogens with one attached hydrogen (secondary N) is 1. The van der Waals surface area contributed by atoms with Gasteiger partial charge in [0.05, 0.1) is 11.1 Å². The highest BCUT2D eigenvalue weighted by atomic mass is 16.6. The Balaban J connectivity index is 1.96. The highest BCUT2D eigenvalue weighted by molar-refractivity contribution is 5.83. The molecule has 0 aliphatic heterocycles. The van der Waals surface area contributed by atoms with E-state index in [1.807, 2.05) is 0 Å². The first-order valence-corrected chi connectivity index (χ1v) is 11.8. The molecule has 0 radical (unpaired) electrons. The summed E-state index contributed by atoms with van der Waals surface area (Å²) in [5.74, 6) is -0.126. The molecule has 0 aliphatic rings. The molecular formula is C25H39N3O3. The Morgan fingerprint density at radius 1 is 0.968 bits per heavy atom. The van der Waals surface area contributed by atoms with E-state index >= 15 is 0 Å². The molecule has 0 bridgehead atoms. The Morgan fingerprint density at radius 2 is 1.58 bits per heavy atom. The second-order valence-electron chi connectivity index (χ2n) is 7.98. The van der Waals surface area contributed by atoms with Gasteiger partial charge in [0.2, 0.25) is 5.91 Å². The number of nitrogens with zero attached hydrogens (tertiary/aromatic N) is 2. The molecule has 0 atom stereocenters. The van der Waals surface area contributed by atoms with Crippen molar-refractivity contribution in [3.63, 3.8) is 0 Å². The number of hydrogen-bond acceptors (Lipinski definition) is 4. The van der Waals surface area contributed by atoms with Crippen molar-refractivity contribution in [3.8, 4) is 0 Å². The highest BCUT2D eigenvalue weighted by Gasteiger charge is 2.04. The van der Waals surface area contributed by atoms with Crippen molar-refractivity contribution in [1.29, 1.82) is 0 Å². The van der Waals surface area contributed by atoms with Crippen LogP contribution in [0.25, 0.3) is 0 Å². The molecule has 0 aliphatic carbocycles. The van der Waals surface area contributed by atoms with Gasteiger partial charge in [0.1, 0.15) is 0 Å². The SMILES string of the molecule is CCCCCCCCC=CCCCCCCCC(=O)NN=Cc1cccc([N+](=O)[O-])c1. The van der Waals surface area contributed by atoms with Crippen molar-refractivity contribution in [2.75, 3.05) is 0 Å². The fourth-order valence-corrected chi connectivity index (χ4v) is 3.31. The molecule has 1 aromatic carbocycles. The smallest absolute Gasteiger partial charge is 0.270 e. The summed E-state index contributed by atoms with van der Waals surface area (Å²) in [4.78, 5) is 22.1. The number of rotatable bonds is 18. The van der Waals surface area contributed by atoms with Crippen molar-refractivity contribution < 1.29 is 9.72 Å². The summed E-state index contributed by atoms with van der Waals surface area (Å²) in [6.07, 6.45) is 22.5. The first-order valence-electron chi connectivity index (χ1n) is 11.8. The van der Waals surface area contributed by atoms with E-state index in [2.05, 4.69) is 29.6 Å². The van der Waals surface area contributed by atoms with Gasteiger partial charge in [0, 0.05) is 24.1 Å². The second kappa shape index (κ2) is 18.3. The van der Waals surface area contributed by atoms with E-state index in [1.54, 1.807) is 12.1 Å². The molecule has 0 unspecified atom stereocenters. The van der Waals surface area contributed by atoms with Crippen LogP contribution in [0.4, 0.5) is 5.69 Å². The molecule has 172 valence electrons. The van der Waals surface area contributed by atoms with Gasteiger partial charge in [0.15, 0.2) is 0 Å². The zero-order valence-electron chi connectivity index (χ0n) is 19.1. The summed E-state index contributed by atoms with van der Waals surface area (Å²) >= 11 is 0. The predicted molar refractivity (Wildman–Crippen MR) is 128 cm³/mol. The van der Waals surface area contributed by atoms with Crippen LogP contribution in [0.15, 0.2) is 41.5 Å². The van der Waals surface area contributed by atoms with Crippen molar-refractivity contribution >= 4 is 17.8 Å². The minimum absolute atomic E-state index is 0.00331. The third-order valence-corrected chi connectivity index (χ3v) is 5.15. The summed E-state index contributed by atoms with van der Waals surface area (Å²) in [7, 11) is 0. The monoisotopic (exact) mass is 429 g/mol. The van der Waals surface area contributed by atoms with Gasteiger partial charge >= 0.3 is 0 Å². The molecule has 1 aromatic rings. The number of nitro groups is 1. The van der Waals surface area contributed by atoms with Crippen LogP contribution >= 0.6 is 0 Å². The maximum atomic E-state index is 11.8. The quantitative estimate of drug-likeness (QED) is 0.0889. The maximum Gasteiger partial charge on any atom is 0.270 e. The number of non-ortho nitro benzene ring substituents is 1. The molecule has 6 heteroatoms. The van der Waals surface area contributed by atoms with Crippen molar-refractivity contribution in [2.24, 2.45) is 5.10 Å². The van der Waals surface area contributed by atoms with Gasteiger partial charge in [-0.3, -0.25) is 14.9 Å². The third kappa shape index (κ3) is 15.0. The van der Waals surface area contributed by atoms with Crippen molar-refractivity contribution in [3.05, 3.63) is 52.1 Å². The summed E-state index contributed by atoms with van der Waals surface area (Å²) < 4.78 is 0. The van der Waals surface area contributed by atoms with E-state index in [0.29, 0.717) is 12.0 Å². The Morgan fingerprint density at radius 3 is 2.23 bits per heavy atom. The largest absolute Gasteiger partial charge is 0.273 e. The Hall–Kier alpha value is -2.50. The fraction of sp³-hybridized carbons (Fsp3) is 0.600. The zero-order valence-corrected chi connectivity index (χ0v) is 19.1. The van der Waals surface area contributed by atoms with Gasteiger partial charge in [-0.2, -0.15) is 5.10 Å². The highest BCUT2D eigenvalue weighted by Crippen LogP contribution is 2.12.